The first-order valence-corrected chi connectivity index (χ1v) is 7.11. The summed E-state index contributed by atoms with van der Waals surface area (Å²) in [6.45, 7) is 2.31. The number of fused-ring (bicyclic) bond motifs is 2. The van der Waals surface area contributed by atoms with Crippen molar-refractivity contribution in [2.24, 2.45) is 0 Å². The Hall–Kier alpha value is -2.16. The molecule has 3 heteroatoms. The van der Waals surface area contributed by atoms with Crippen molar-refractivity contribution in [1.82, 2.24) is 0 Å². The van der Waals surface area contributed by atoms with E-state index in [1.54, 1.807) is 0 Å². The summed E-state index contributed by atoms with van der Waals surface area (Å²) in [5.41, 5.74) is 3.68. The van der Waals surface area contributed by atoms with E-state index in [-0.39, 0.29) is 0 Å². The highest BCUT2D eigenvalue weighted by Gasteiger charge is 2.21. The minimum atomic E-state index is 0.608. The highest BCUT2D eigenvalue weighted by Crippen LogP contribution is 2.36. The number of anilines is 1. The van der Waals surface area contributed by atoms with E-state index in [4.69, 9.17) is 9.47 Å². The molecule has 0 saturated carbocycles. The van der Waals surface area contributed by atoms with Gasteiger partial charge in [-0.15, -0.1) is 0 Å². The topological polar surface area (TPSA) is 21.7 Å². The molecule has 2 aliphatic heterocycles. The van der Waals surface area contributed by atoms with Gasteiger partial charge in [0.15, 0.2) is 6.73 Å². The van der Waals surface area contributed by atoms with Gasteiger partial charge in [0.05, 0.1) is 6.61 Å². The molecule has 0 fully saturated rings. The van der Waals surface area contributed by atoms with Crippen LogP contribution in [0.1, 0.15) is 17.5 Å². The van der Waals surface area contributed by atoms with Crippen LogP contribution in [0.25, 0.3) is 0 Å². The van der Waals surface area contributed by atoms with Crippen LogP contribution in [0.15, 0.2) is 42.5 Å². The van der Waals surface area contributed by atoms with E-state index in [1.807, 2.05) is 6.07 Å². The molecule has 0 unspecified atom stereocenters. The van der Waals surface area contributed by atoms with E-state index >= 15 is 0 Å². The zero-order chi connectivity index (χ0) is 13.4. The Morgan fingerprint density at radius 1 is 0.900 bits per heavy atom. The third-order valence-corrected chi connectivity index (χ3v) is 3.95. The van der Waals surface area contributed by atoms with Crippen LogP contribution in [0.2, 0.25) is 0 Å². The smallest absolute Gasteiger partial charge is 0.161 e. The molecule has 0 aliphatic carbocycles. The molecule has 2 aromatic rings. The molecule has 4 rings (SSSR count). The summed E-state index contributed by atoms with van der Waals surface area (Å²) in [6, 6.07) is 14.7. The first-order chi connectivity index (χ1) is 9.90. The van der Waals surface area contributed by atoms with Crippen molar-refractivity contribution < 1.29 is 9.47 Å². The second kappa shape index (κ2) is 4.75. The highest BCUT2D eigenvalue weighted by atomic mass is 16.5. The maximum atomic E-state index is 5.93. The Morgan fingerprint density at radius 2 is 1.70 bits per heavy atom. The standard InChI is InChI=1S/C17H17NO2/c1-2-6-15(7-3-1)18-11-14-10-16-13(5-4-8-19-16)9-17(14)20-12-18/h1-3,6-7,9-10H,4-5,8,11-12H2. The lowest BCUT2D eigenvalue weighted by Gasteiger charge is -2.32. The average Bonchev–Trinajstić information content (AvgIpc) is 2.53. The van der Waals surface area contributed by atoms with Gasteiger partial charge < -0.3 is 14.4 Å². The summed E-state index contributed by atoms with van der Waals surface area (Å²) in [5.74, 6) is 2.05. The van der Waals surface area contributed by atoms with E-state index in [0.717, 1.165) is 37.5 Å². The van der Waals surface area contributed by atoms with Crippen LogP contribution in [0, 0.1) is 0 Å². The van der Waals surface area contributed by atoms with Crippen LogP contribution in [0.4, 0.5) is 5.69 Å². The van der Waals surface area contributed by atoms with Crippen molar-refractivity contribution >= 4 is 5.69 Å². The summed E-state index contributed by atoms with van der Waals surface area (Å²) in [5, 5.41) is 0. The van der Waals surface area contributed by atoms with Crippen LogP contribution >= 0.6 is 0 Å². The van der Waals surface area contributed by atoms with Crippen LogP contribution < -0.4 is 14.4 Å². The predicted molar refractivity (Wildman–Crippen MR) is 78.4 cm³/mol. The second-order valence-corrected chi connectivity index (χ2v) is 5.33. The van der Waals surface area contributed by atoms with Crippen LogP contribution in [-0.4, -0.2) is 13.3 Å². The molecule has 2 aliphatic rings. The molecule has 0 spiro atoms. The number of ether oxygens (including phenoxy) is 2. The molecule has 0 bridgehead atoms. The summed E-state index contributed by atoms with van der Waals surface area (Å²) < 4.78 is 11.7. The van der Waals surface area contributed by atoms with Gasteiger partial charge in [0, 0.05) is 17.8 Å². The molecule has 0 aromatic heterocycles. The quantitative estimate of drug-likeness (QED) is 0.790. The first-order valence-electron chi connectivity index (χ1n) is 7.11. The molecule has 0 amide bonds. The number of hydrogen-bond acceptors (Lipinski definition) is 3. The van der Waals surface area contributed by atoms with E-state index < -0.39 is 0 Å². The van der Waals surface area contributed by atoms with Gasteiger partial charge in [0.2, 0.25) is 0 Å². The highest BCUT2D eigenvalue weighted by molar-refractivity contribution is 5.53. The monoisotopic (exact) mass is 267 g/mol. The van der Waals surface area contributed by atoms with Crippen molar-refractivity contribution in [2.75, 3.05) is 18.2 Å². The Balaban J connectivity index is 1.66. The molecular weight excluding hydrogens is 250 g/mol. The van der Waals surface area contributed by atoms with E-state index in [1.165, 1.54) is 16.8 Å². The molecule has 0 saturated heterocycles. The Bertz CT molecular complexity index is 624. The van der Waals surface area contributed by atoms with Crippen LogP contribution in [0.3, 0.4) is 0 Å². The molecule has 0 radical (unpaired) electrons. The molecule has 3 nitrogen and oxygen atoms in total. The minimum absolute atomic E-state index is 0.608. The average molecular weight is 267 g/mol. The Kier molecular flexibility index (Phi) is 2.76. The largest absolute Gasteiger partial charge is 0.493 e. The van der Waals surface area contributed by atoms with Crippen molar-refractivity contribution in [3.05, 3.63) is 53.6 Å². The lowest BCUT2D eigenvalue weighted by molar-refractivity contribution is 0.273. The van der Waals surface area contributed by atoms with Crippen molar-refractivity contribution in [3.8, 4) is 11.5 Å². The van der Waals surface area contributed by atoms with Gasteiger partial charge in [-0.1, -0.05) is 18.2 Å². The number of para-hydroxylation sites is 1. The lowest BCUT2D eigenvalue weighted by atomic mass is 10.0. The summed E-state index contributed by atoms with van der Waals surface area (Å²) in [6.07, 6.45) is 2.19. The number of rotatable bonds is 1. The van der Waals surface area contributed by atoms with Crippen LogP contribution in [-0.2, 0) is 13.0 Å². The number of nitrogens with zero attached hydrogens (tertiary/aromatic N) is 1. The van der Waals surface area contributed by atoms with Gasteiger partial charge >= 0.3 is 0 Å². The molecular formula is C17H17NO2. The van der Waals surface area contributed by atoms with Crippen molar-refractivity contribution in [2.45, 2.75) is 19.4 Å². The molecule has 0 atom stereocenters. The summed E-state index contributed by atoms with van der Waals surface area (Å²) >= 11 is 0. The fraction of sp³-hybridized carbons (Fsp3) is 0.294. The zero-order valence-electron chi connectivity index (χ0n) is 11.3. The number of benzene rings is 2. The van der Waals surface area contributed by atoms with E-state index in [0.29, 0.717) is 6.73 Å². The van der Waals surface area contributed by atoms with Gasteiger partial charge in [-0.2, -0.15) is 0 Å². The third-order valence-electron chi connectivity index (χ3n) is 3.95. The summed E-state index contributed by atoms with van der Waals surface area (Å²) in [7, 11) is 0. The molecule has 102 valence electrons. The van der Waals surface area contributed by atoms with Crippen molar-refractivity contribution in [3.63, 3.8) is 0 Å². The zero-order valence-corrected chi connectivity index (χ0v) is 11.3. The maximum absolute atomic E-state index is 5.93. The number of hydrogen-bond donors (Lipinski definition) is 0. The van der Waals surface area contributed by atoms with Gasteiger partial charge in [-0.25, -0.2) is 0 Å². The maximum Gasteiger partial charge on any atom is 0.161 e. The number of aryl methyl sites for hydroxylation is 1. The van der Waals surface area contributed by atoms with Crippen LogP contribution in [0.5, 0.6) is 11.5 Å². The molecule has 2 aromatic carbocycles. The Morgan fingerprint density at radius 3 is 2.60 bits per heavy atom. The second-order valence-electron chi connectivity index (χ2n) is 5.33. The van der Waals surface area contributed by atoms with Gasteiger partial charge in [0.1, 0.15) is 11.5 Å². The molecule has 2 heterocycles. The van der Waals surface area contributed by atoms with E-state index in [2.05, 4.69) is 41.3 Å². The first kappa shape index (κ1) is 11.6. The van der Waals surface area contributed by atoms with Gasteiger partial charge in [-0.05, 0) is 42.7 Å². The lowest BCUT2D eigenvalue weighted by Crippen LogP contribution is -2.32. The predicted octanol–water partition coefficient (Wildman–Crippen LogP) is 3.37. The molecule has 0 N–H and O–H groups in total. The minimum Gasteiger partial charge on any atom is -0.493 e. The normalized spacial score (nSPS) is 16.7. The summed E-state index contributed by atoms with van der Waals surface area (Å²) in [4.78, 5) is 2.23. The fourth-order valence-corrected chi connectivity index (χ4v) is 2.88. The Labute approximate surface area is 118 Å². The molecule has 20 heavy (non-hydrogen) atoms. The SMILES string of the molecule is c1ccc(N2COc3cc4c(cc3C2)OCCC4)cc1. The van der Waals surface area contributed by atoms with Crippen molar-refractivity contribution in [1.29, 1.82) is 0 Å². The van der Waals surface area contributed by atoms with Gasteiger partial charge in [0.25, 0.3) is 0 Å². The van der Waals surface area contributed by atoms with E-state index in [9.17, 15) is 0 Å². The van der Waals surface area contributed by atoms with Gasteiger partial charge in [-0.3, -0.25) is 0 Å². The fourth-order valence-electron chi connectivity index (χ4n) is 2.88. The third kappa shape index (κ3) is 1.99.